The SMILES string of the molecule is CCC1CCCCN1C(=O)CSc1nncc2ccccc12. The van der Waals surface area contributed by atoms with Crippen molar-refractivity contribution in [3.05, 3.63) is 30.5 Å². The van der Waals surface area contributed by atoms with Crippen molar-refractivity contribution in [2.75, 3.05) is 12.3 Å². The fourth-order valence-corrected chi connectivity index (χ4v) is 3.95. The summed E-state index contributed by atoms with van der Waals surface area (Å²) in [7, 11) is 0. The summed E-state index contributed by atoms with van der Waals surface area (Å²) >= 11 is 1.50. The third kappa shape index (κ3) is 3.24. The van der Waals surface area contributed by atoms with Crippen LogP contribution in [0.2, 0.25) is 0 Å². The van der Waals surface area contributed by atoms with E-state index in [2.05, 4.69) is 22.0 Å². The van der Waals surface area contributed by atoms with Crippen molar-refractivity contribution in [2.24, 2.45) is 0 Å². The van der Waals surface area contributed by atoms with Crippen molar-refractivity contribution in [2.45, 2.75) is 43.7 Å². The third-order valence-electron chi connectivity index (χ3n) is 4.29. The van der Waals surface area contributed by atoms with Gasteiger partial charge in [0, 0.05) is 23.4 Å². The fraction of sp³-hybridized carbons (Fsp3) is 0.471. The molecule has 0 spiro atoms. The molecule has 0 radical (unpaired) electrons. The van der Waals surface area contributed by atoms with Crippen LogP contribution in [0.25, 0.3) is 10.8 Å². The highest BCUT2D eigenvalue weighted by Crippen LogP contribution is 2.26. The number of carbonyl (C=O) groups excluding carboxylic acids is 1. The lowest BCUT2D eigenvalue weighted by atomic mass is 10.0. The molecule has 1 atom stereocenters. The Bertz CT molecular complexity index is 656. The molecular formula is C17H21N3OS. The Kier molecular flexibility index (Phi) is 4.93. The molecule has 0 bridgehead atoms. The Morgan fingerprint density at radius 2 is 2.23 bits per heavy atom. The minimum atomic E-state index is 0.228. The lowest BCUT2D eigenvalue weighted by Crippen LogP contribution is -2.44. The van der Waals surface area contributed by atoms with Crippen LogP contribution in [0.4, 0.5) is 0 Å². The molecule has 0 saturated carbocycles. The Morgan fingerprint density at radius 3 is 3.09 bits per heavy atom. The van der Waals surface area contributed by atoms with Gasteiger partial charge in [0.1, 0.15) is 5.03 Å². The molecule has 0 aliphatic carbocycles. The number of thioether (sulfide) groups is 1. The van der Waals surface area contributed by atoms with Gasteiger partial charge in [-0.15, -0.1) is 5.10 Å². The lowest BCUT2D eigenvalue weighted by molar-refractivity contribution is -0.132. The zero-order valence-corrected chi connectivity index (χ0v) is 13.7. The van der Waals surface area contributed by atoms with Gasteiger partial charge in [0.05, 0.1) is 11.9 Å². The fourth-order valence-electron chi connectivity index (χ4n) is 3.07. The Balaban J connectivity index is 1.69. The van der Waals surface area contributed by atoms with Crippen LogP contribution in [0.1, 0.15) is 32.6 Å². The first-order chi connectivity index (χ1) is 10.8. The smallest absolute Gasteiger partial charge is 0.233 e. The molecule has 1 saturated heterocycles. The maximum absolute atomic E-state index is 12.5. The molecular weight excluding hydrogens is 294 g/mol. The summed E-state index contributed by atoms with van der Waals surface area (Å²) in [4.78, 5) is 14.6. The minimum Gasteiger partial charge on any atom is -0.339 e. The van der Waals surface area contributed by atoms with Gasteiger partial charge in [-0.1, -0.05) is 43.0 Å². The summed E-state index contributed by atoms with van der Waals surface area (Å²) in [6.07, 6.45) is 6.32. The van der Waals surface area contributed by atoms with Gasteiger partial charge in [0.25, 0.3) is 0 Å². The summed E-state index contributed by atoms with van der Waals surface area (Å²) in [5, 5.41) is 11.2. The highest BCUT2D eigenvalue weighted by atomic mass is 32.2. The maximum Gasteiger partial charge on any atom is 0.233 e. The molecule has 1 aromatic carbocycles. The molecule has 22 heavy (non-hydrogen) atoms. The molecule has 4 nitrogen and oxygen atoms in total. The average Bonchev–Trinajstić information content (AvgIpc) is 2.59. The molecule has 1 aliphatic rings. The number of benzene rings is 1. The maximum atomic E-state index is 12.5. The monoisotopic (exact) mass is 315 g/mol. The van der Waals surface area contributed by atoms with Crippen LogP contribution in [-0.2, 0) is 4.79 Å². The number of amides is 1. The molecule has 1 amide bonds. The molecule has 2 heterocycles. The molecule has 1 fully saturated rings. The van der Waals surface area contributed by atoms with E-state index in [-0.39, 0.29) is 5.91 Å². The zero-order valence-electron chi connectivity index (χ0n) is 12.9. The van der Waals surface area contributed by atoms with Gasteiger partial charge < -0.3 is 4.90 Å². The summed E-state index contributed by atoms with van der Waals surface area (Å²) < 4.78 is 0. The van der Waals surface area contributed by atoms with Crippen molar-refractivity contribution in [1.82, 2.24) is 15.1 Å². The summed E-state index contributed by atoms with van der Waals surface area (Å²) in [6, 6.07) is 8.46. The predicted molar refractivity (Wildman–Crippen MR) is 89.9 cm³/mol. The summed E-state index contributed by atoms with van der Waals surface area (Å²) in [6.45, 7) is 3.07. The van der Waals surface area contributed by atoms with E-state index in [9.17, 15) is 4.79 Å². The quantitative estimate of drug-likeness (QED) is 0.810. The second-order valence-corrected chi connectivity index (χ2v) is 6.63. The standard InChI is InChI=1S/C17H21N3OS/c1-2-14-8-5-6-10-20(14)16(21)12-22-17-15-9-4-3-7-13(15)11-18-19-17/h3-4,7,9,11,14H,2,5-6,8,10,12H2,1H3. The summed E-state index contributed by atoms with van der Waals surface area (Å²) in [5.74, 6) is 0.672. The van der Waals surface area contributed by atoms with E-state index in [4.69, 9.17) is 0 Å². The number of nitrogens with zero attached hydrogens (tertiary/aromatic N) is 3. The lowest BCUT2D eigenvalue weighted by Gasteiger charge is -2.35. The van der Waals surface area contributed by atoms with Gasteiger partial charge in [0.15, 0.2) is 0 Å². The number of likely N-dealkylation sites (tertiary alicyclic amines) is 1. The number of aromatic nitrogens is 2. The van der Waals surface area contributed by atoms with Crippen molar-refractivity contribution in [1.29, 1.82) is 0 Å². The number of carbonyl (C=O) groups is 1. The summed E-state index contributed by atoms with van der Waals surface area (Å²) in [5.41, 5.74) is 0. The third-order valence-corrected chi connectivity index (χ3v) is 5.25. The van der Waals surface area contributed by atoms with Gasteiger partial charge in [-0.3, -0.25) is 4.79 Å². The van der Waals surface area contributed by atoms with Crippen LogP contribution in [0.3, 0.4) is 0 Å². The van der Waals surface area contributed by atoms with Crippen LogP contribution in [-0.4, -0.2) is 39.3 Å². The van der Waals surface area contributed by atoms with Crippen molar-refractivity contribution < 1.29 is 4.79 Å². The van der Waals surface area contributed by atoms with Gasteiger partial charge in [0.2, 0.25) is 5.91 Å². The molecule has 1 aromatic heterocycles. The topological polar surface area (TPSA) is 46.1 Å². The number of rotatable bonds is 4. The second-order valence-electron chi connectivity index (χ2n) is 5.67. The van der Waals surface area contributed by atoms with E-state index >= 15 is 0 Å². The van der Waals surface area contributed by atoms with E-state index in [1.54, 1.807) is 6.20 Å². The van der Waals surface area contributed by atoms with Gasteiger partial charge in [-0.25, -0.2) is 0 Å². The molecule has 2 aromatic rings. The highest BCUT2D eigenvalue weighted by molar-refractivity contribution is 8.00. The molecule has 116 valence electrons. The number of hydrogen-bond acceptors (Lipinski definition) is 4. The largest absolute Gasteiger partial charge is 0.339 e. The molecule has 5 heteroatoms. The first-order valence-electron chi connectivity index (χ1n) is 7.92. The predicted octanol–water partition coefficient (Wildman–Crippen LogP) is 3.51. The molecule has 1 aliphatic heterocycles. The van der Waals surface area contributed by atoms with E-state index in [1.165, 1.54) is 18.2 Å². The molecule has 1 unspecified atom stereocenters. The van der Waals surface area contributed by atoms with Crippen LogP contribution in [0.15, 0.2) is 35.5 Å². The zero-order chi connectivity index (χ0) is 15.4. The van der Waals surface area contributed by atoms with Crippen molar-refractivity contribution in [3.63, 3.8) is 0 Å². The Hall–Kier alpha value is -1.62. The highest BCUT2D eigenvalue weighted by Gasteiger charge is 2.25. The molecule has 3 rings (SSSR count). The Morgan fingerprint density at radius 1 is 1.36 bits per heavy atom. The van der Waals surface area contributed by atoms with Crippen molar-refractivity contribution >= 4 is 28.4 Å². The first kappa shape index (κ1) is 15.3. The van der Waals surface area contributed by atoms with E-state index in [0.29, 0.717) is 11.8 Å². The normalized spacial score (nSPS) is 18.6. The van der Waals surface area contributed by atoms with Crippen molar-refractivity contribution in [3.8, 4) is 0 Å². The minimum absolute atomic E-state index is 0.228. The average molecular weight is 315 g/mol. The van der Waals surface area contributed by atoms with E-state index in [1.807, 2.05) is 24.3 Å². The number of fused-ring (bicyclic) bond motifs is 1. The Labute approximate surface area is 135 Å². The number of hydrogen-bond donors (Lipinski definition) is 0. The van der Waals surface area contributed by atoms with E-state index in [0.717, 1.165) is 41.6 Å². The second kappa shape index (κ2) is 7.09. The van der Waals surface area contributed by atoms with Gasteiger partial charge in [-0.05, 0) is 25.7 Å². The van der Waals surface area contributed by atoms with Crippen LogP contribution in [0, 0.1) is 0 Å². The van der Waals surface area contributed by atoms with Gasteiger partial charge in [-0.2, -0.15) is 5.10 Å². The van der Waals surface area contributed by atoms with Crippen LogP contribution in [0.5, 0.6) is 0 Å². The van der Waals surface area contributed by atoms with Crippen LogP contribution >= 0.6 is 11.8 Å². The first-order valence-corrected chi connectivity index (χ1v) is 8.91. The van der Waals surface area contributed by atoms with E-state index < -0.39 is 0 Å². The number of piperidine rings is 1. The van der Waals surface area contributed by atoms with Gasteiger partial charge >= 0.3 is 0 Å². The van der Waals surface area contributed by atoms with Crippen LogP contribution < -0.4 is 0 Å². The molecule has 0 N–H and O–H groups in total.